The molecule has 1 heterocycles. The molecule has 5 heteroatoms. The van der Waals surface area contributed by atoms with Gasteiger partial charge in [-0.2, -0.15) is 5.10 Å². The first-order valence-corrected chi connectivity index (χ1v) is 8.79. The van der Waals surface area contributed by atoms with Crippen molar-refractivity contribution in [2.45, 2.75) is 57.7 Å². The Balaban J connectivity index is 1.67. The van der Waals surface area contributed by atoms with Gasteiger partial charge in [0, 0.05) is 18.3 Å². The third-order valence-electron chi connectivity index (χ3n) is 5.22. The molecule has 1 aromatic carbocycles. The summed E-state index contributed by atoms with van der Waals surface area (Å²) in [6.07, 6.45) is 5.45. The SMILES string of the molecule is CC(C(=O)O)N(Cc1nn(-c2ccccc2)c2c1CCC2)C1CC1. The molecule has 1 atom stereocenters. The number of aliphatic carboxylic acids is 1. The Morgan fingerprint density at radius 3 is 2.75 bits per heavy atom. The Bertz CT molecular complexity index is 749. The van der Waals surface area contributed by atoms with E-state index in [9.17, 15) is 9.90 Å². The van der Waals surface area contributed by atoms with Gasteiger partial charge in [0.2, 0.25) is 0 Å². The average molecular weight is 325 g/mol. The second-order valence-electron chi connectivity index (χ2n) is 6.89. The van der Waals surface area contributed by atoms with Gasteiger partial charge in [-0.05, 0) is 56.7 Å². The van der Waals surface area contributed by atoms with Gasteiger partial charge >= 0.3 is 5.97 Å². The third kappa shape index (κ3) is 2.73. The van der Waals surface area contributed by atoms with Gasteiger partial charge in [0.15, 0.2) is 0 Å². The summed E-state index contributed by atoms with van der Waals surface area (Å²) in [5.41, 5.74) is 4.79. The smallest absolute Gasteiger partial charge is 0.320 e. The number of nitrogens with zero attached hydrogens (tertiary/aromatic N) is 3. The Hall–Kier alpha value is -2.14. The molecule has 0 bridgehead atoms. The van der Waals surface area contributed by atoms with E-state index in [1.807, 2.05) is 18.2 Å². The maximum Gasteiger partial charge on any atom is 0.320 e. The van der Waals surface area contributed by atoms with Crippen LogP contribution in [-0.4, -0.2) is 37.8 Å². The van der Waals surface area contributed by atoms with E-state index >= 15 is 0 Å². The van der Waals surface area contributed by atoms with E-state index in [0.717, 1.165) is 43.5 Å². The molecule has 2 aliphatic rings. The highest BCUT2D eigenvalue weighted by Gasteiger charge is 2.36. The van der Waals surface area contributed by atoms with Crippen molar-refractivity contribution in [2.24, 2.45) is 0 Å². The van der Waals surface area contributed by atoms with Gasteiger partial charge in [-0.25, -0.2) is 4.68 Å². The molecule has 0 saturated heterocycles. The lowest BCUT2D eigenvalue weighted by atomic mass is 10.1. The molecule has 0 aliphatic heterocycles. The third-order valence-corrected chi connectivity index (χ3v) is 5.22. The molecule has 0 amide bonds. The predicted molar refractivity (Wildman–Crippen MR) is 91.3 cm³/mol. The number of hydrogen-bond acceptors (Lipinski definition) is 3. The van der Waals surface area contributed by atoms with Crippen molar-refractivity contribution in [3.8, 4) is 5.69 Å². The van der Waals surface area contributed by atoms with Crippen LogP contribution in [0.25, 0.3) is 5.69 Å². The largest absolute Gasteiger partial charge is 0.480 e. The molecule has 5 nitrogen and oxygen atoms in total. The fourth-order valence-corrected chi connectivity index (χ4v) is 3.73. The molecular formula is C19H23N3O2. The zero-order valence-electron chi connectivity index (χ0n) is 14.0. The second kappa shape index (κ2) is 6.06. The number of carboxylic acid groups (broad SMARTS) is 1. The summed E-state index contributed by atoms with van der Waals surface area (Å²) in [5, 5.41) is 14.3. The monoisotopic (exact) mass is 325 g/mol. The number of carbonyl (C=O) groups is 1. The Morgan fingerprint density at radius 1 is 1.33 bits per heavy atom. The van der Waals surface area contributed by atoms with Crippen molar-refractivity contribution in [3.05, 3.63) is 47.3 Å². The summed E-state index contributed by atoms with van der Waals surface area (Å²) in [4.78, 5) is 13.6. The van der Waals surface area contributed by atoms with Crippen LogP contribution >= 0.6 is 0 Å². The van der Waals surface area contributed by atoms with Crippen molar-refractivity contribution in [2.75, 3.05) is 0 Å². The predicted octanol–water partition coefficient (Wildman–Crippen LogP) is 2.80. The van der Waals surface area contributed by atoms with Crippen LogP contribution in [0.15, 0.2) is 30.3 Å². The van der Waals surface area contributed by atoms with Crippen molar-refractivity contribution < 1.29 is 9.90 Å². The average Bonchev–Trinajstić information content (AvgIpc) is 3.21. The van der Waals surface area contributed by atoms with E-state index in [0.29, 0.717) is 12.6 Å². The van der Waals surface area contributed by atoms with E-state index in [4.69, 9.17) is 5.10 Å². The van der Waals surface area contributed by atoms with Gasteiger partial charge in [-0.15, -0.1) is 0 Å². The van der Waals surface area contributed by atoms with Gasteiger partial charge < -0.3 is 5.11 Å². The lowest BCUT2D eigenvalue weighted by molar-refractivity contribution is -0.143. The number of fused-ring (bicyclic) bond motifs is 1. The van der Waals surface area contributed by atoms with Crippen LogP contribution in [0.2, 0.25) is 0 Å². The van der Waals surface area contributed by atoms with E-state index in [-0.39, 0.29) is 0 Å². The lowest BCUT2D eigenvalue weighted by Gasteiger charge is -2.25. The Kier molecular flexibility index (Phi) is 3.88. The van der Waals surface area contributed by atoms with Crippen LogP contribution in [-0.2, 0) is 24.2 Å². The number of carboxylic acids is 1. The zero-order chi connectivity index (χ0) is 16.7. The van der Waals surface area contributed by atoms with Gasteiger partial charge in [0.25, 0.3) is 0 Å². The van der Waals surface area contributed by atoms with Crippen LogP contribution in [0.3, 0.4) is 0 Å². The minimum Gasteiger partial charge on any atom is -0.480 e. The van der Waals surface area contributed by atoms with Crippen LogP contribution in [0.1, 0.15) is 43.1 Å². The van der Waals surface area contributed by atoms with Crippen molar-refractivity contribution in [1.82, 2.24) is 14.7 Å². The fraction of sp³-hybridized carbons (Fsp3) is 0.474. The molecular weight excluding hydrogens is 302 g/mol. The molecule has 1 N–H and O–H groups in total. The highest BCUT2D eigenvalue weighted by Crippen LogP contribution is 2.33. The van der Waals surface area contributed by atoms with Crippen LogP contribution in [0.4, 0.5) is 0 Å². The molecule has 24 heavy (non-hydrogen) atoms. The standard InChI is InChI=1S/C19H23N3O2/c1-13(19(23)24)21(14-10-11-14)12-17-16-8-5-9-18(16)22(20-17)15-6-3-2-4-7-15/h2-4,6-7,13-14H,5,8-12H2,1H3,(H,23,24). The second-order valence-corrected chi connectivity index (χ2v) is 6.89. The molecule has 1 saturated carbocycles. The van der Waals surface area contributed by atoms with Gasteiger partial charge in [0.05, 0.1) is 11.4 Å². The normalized spacial score (nSPS) is 17.9. The van der Waals surface area contributed by atoms with Crippen molar-refractivity contribution in [3.63, 3.8) is 0 Å². The summed E-state index contributed by atoms with van der Waals surface area (Å²) < 4.78 is 2.06. The molecule has 2 aromatic rings. The number of rotatable bonds is 6. The first-order valence-electron chi connectivity index (χ1n) is 8.79. The molecule has 0 radical (unpaired) electrons. The van der Waals surface area contributed by atoms with Crippen LogP contribution in [0.5, 0.6) is 0 Å². The molecule has 1 fully saturated rings. The summed E-state index contributed by atoms with van der Waals surface area (Å²) in [7, 11) is 0. The van der Waals surface area contributed by atoms with Gasteiger partial charge in [-0.1, -0.05) is 18.2 Å². The van der Waals surface area contributed by atoms with E-state index in [2.05, 4.69) is 21.7 Å². The maximum atomic E-state index is 11.5. The molecule has 0 spiro atoms. The number of aromatic nitrogens is 2. The molecule has 2 aliphatic carbocycles. The minimum atomic E-state index is -0.749. The fourth-order valence-electron chi connectivity index (χ4n) is 3.73. The van der Waals surface area contributed by atoms with Gasteiger partial charge in [-0.3, -0.25) is 9.69 Å². The van der Waals surface area contributed by atoms with Crippen LogP contribution in [0, 0.1) is 0 Å². The zero-order valence-corrected chi connectivity index (χ0v) is 14.0. The van der Waals surface area contributed by atoms with E-state index in [1.54, 1.807) is 6.92 Å². The first kappa shape index (κ1) is 15.4. The molecule has 126 valence electrons. The summed E-state index contributed by atoms with van der Waals surface area (Å²) in [6, 6.07) is 10.2. The lowest BCUT2D eigenvalue weighted by Crippen LogP contribution is -2.40. The summed E-state index contributed by atoms with van der Waals surface area (Å²) in [6.45, 7) is 2.43. The summed E-state index contributed by atoms with van der Waals surface area (Å²) in [5.74, 6) is -0.749. The van der Waals surface area contributed by atoms with Crippen molar-refractivity contribution >= 4 is 5.97 Å². The number of benzene rings is 1. The highest BCUT2D eigenvalue weighted by molar-refractivity contribution is 5.73. The molecule has 4 rings (SSSR count). The first-order chi connectivity index (χ1) is 11.6. The van der Waals surface area contributed by atoms with E-state index < -0.39 is 12.0 Å². The van der Waals surface area contributed by atoms with Crippen molar-refractivity contribution in [1.29, 1.82) is 0 Å². The van der Waals surface area contributed by atoms with E-state index in [1.165, 1.54) is 11.3 Å². The number of hydrogen-bond donors (Lipinski definition) is 1. The summed E-state index contributed by atoms with van der Waals surface area (Å²) >= 11 is 0. The van der Waals surface area contributed by atoms with Crippen LogP contribution < -0.4 is 0 Å². The highest BCUT2D eigenvalue weighted by atomic mass is 16.4. The Labute approximate surface area is 141 Å². The molecule has 1 unspecified atom stereocenters. The minimum absolute atomic E-state index is 0.398. The quantitative estimate of drug-likeness (QED) is 0.887. The Morgan fingerprint density at radius 2 is 2.08 bits per heavy atom. The number of para-hydroxylation sites is 1. The molecule has 1 aromatic heterocycles. The van der Waals surface area contributed by atoms with Gasteiger partial charge in [0.1, 0.15) is 6.04 Å². The topological polar surface area (TPSA) is 58.4 Å². The maximum absolute atomic E-state index is 11.5.